The number of piperazine rings is 1. The van der Waals surface area contributed by atoms with Gasteiger partial charge in [-0.1, -0.05) is 17.7 Å². The van der Waals surface area contributed by atoms with E-state index in [1.165, 1.54) is 5.69 Å². The number of rotatable bonds is 5. The predicted molar refractivity (Wildman–Crippen MR) is 76.9 cm³/mol. The second-order valence-electron chi connectivity index (χ2n) is 4.62. The van der Waals surface area contributed by atoms with Crippen LogP contribution in [0.1, 0.15) is 6.42 Å². The minimum absolute atomic E-state index is 0.809. The summed E-state index contributed by atoms with van der Waals surface area (Å²) < 4.78 is 0. The molecule has 1 aliphatic heterocycles. The normalized spacial score (nSPS) is 17.1. The third-order valence-electron chi connectivity index (χ3n) is 3.34. The van der Waals surface area contributed by atoms with Crippen LogP contribution >= 0.6 is 11.6 Å². The monoisotopic (exact) mass is 268 g/mol. The van der Waals surface area contributed by atoms with Gasteiger partial charge in [-0.25, -0.2) is 0 Å². The smallest absolute Gasteiger partial charge is 0.0426 e. The third-order valence-corrected chi connectivity index (χ3v) is 3.58. The summed E-state index contributed by atoms with van der Waals surface area (Å²) in [4.78, 5) is 4.88. The van der Waals surface area contributed by atoms with Gasteiger partial charge >= 0.3 is 0 Å². The number of hydrogen-bond acceptors (Lipinski definition) is 4. The molecule has 5 heteroatoms. The van der Waals surface area contributed by atoms with Gasteiger partial charge < -0.3 is 4.90 Å². The van der Waals surface area contributed by atoms with Crippen molar-refractivity contribution in [2.24, 2.45) is 5.84 Å². The van der Waals surface area contributed by atoms with E-state index in [4.69, 9.17) is 17.4 Å². The summed E-state index contributed by atoms with van der Waals surface area (Å²) >= 11 is 6.02. The highest BCUT2D eigenvalue weighted by atomic mass is 35.5. The number of hydrazine groups is 1. The van der Waals surface area contributed by atoms with Crippen molar-refractivity contribution >= 4 is 17.3 Å². The van der Waals surface area contributed by atoms with E-state index in [1.807, 2.05) is 18.2 Å². The summed E-state index contributed by atoms with van der Waals surface area (Å²) in [6.07, 6.45) is 1.10. The second kappa shape index (κ2) is 6.95. The molecule has 0 radical (unpaired) electrons. The molecule has 100 valence electrons. The van der Waals surface area contributed by atoms with Crippen molar-refractivity contribution in [2.45, 2.75) is 6.42 Å². The lowest BCUT2D eigenvalue weighted by molar-refractivity contribution is 0.254. The Morgan fingerprint density at radius 1 is 1.22 bits per heavy atom. The summed E-state index contributed by atoms with van der Waals surface area (Å²) in [6, 6.07) is 8.09. The molecule has 1 saturated heterocycles. The van der Waals surface area contributed by atoms with Gasteiger partial charge in [0, 0.05) is 43.4 Å². The van der Waals surface area contributed by atoms with Gasteiger partial charge in [0.2, 0.25) is 0 Å². The molecule has 1 aromatic rings. The maximum absolute atomic E-state index is 6.02. The van der Waals surface area contributed by atoms with Crippen molar-refractivity contribution in [1.82, 2.24) is 10.3 Å². The topological polar surface area (TPSA) is 44.5 Å². The molecule has 0 unspecified atom stereocenters. The van der Waals surface area contributed by atoms with Crippen molar-refractivity contribution in [2.75, 3.05) is 44.2 Å². The average molecular weight is 269 g/mol. The highest BCUT2D eigenvalue weighted by Crippen LogP contribution is 2.20. The Kier molecular flexibility index (Phi) is 5.26. The molecule has 1 aliphatic rings. The fourth-order valence-electron chi connectivity index (χ4n) is 2.31. The first-order valence-electron chi connectivity index (χ1n) is 6.46. The van der Waals surface area contributed by atoms with Crippen molar-refractivity contribution in [3.8, 4) is 0 Å². The van der Waals surface area contributed by atoms with Crippen LogP contribution in [0.25, 0.3) is 0 Å². The first-order chi connectivity index (χ1) is 8.79. The Morgan fingerprint density at radius 3 is 2.67 bits per heavy atom. The van der Waals surface area contributed by atoms with Gasteiger partial charge in [0.15, 0.2) is 0 Å². The van der Waals surface area contributed by atoms with Gasteiger partial charge in [-0.3, -0.25) is 16.2 Å². The fourth-order valence-corrected chi connectivity index (χ4v) is 2.49. The van der Waals surface area contributed by atoms with Crippen LogP contribution in [0.5, 0.6) is 0 Å². The second-order valence-corrected chi connectivity index (χ2v) is 5.05. The molecule has 1 aromatic carbocycles. The molecule has 1 heterocycles. The Labute approximate surface area is 114 Å². The number of nitrogens with two attached hydrogens (primary N) is 1. The highest BCUT2D eigenvalue weighted by Gasteiger charge is 2.16. The SMILES string of the molecule is NNCCCN1CCN(c2cccc(Cl)c2)CC1. The van der Waals surface area contributed by atoms with E-state index >= 15 is 0 Å². The van der Waals surface area contributed by atoms with Crippen LogP contribution in [0.2, 0.25) is 5.02 Å². The summed E-state index contributed by atoms with van der Waals surface area (Å²) in [5.74, 6) is 5.27. The standard InChI is InChI=1S/C13H21ClN4/c14-12-3-1-4-13(11-12)18-9-7-17(8-10-18)6-2-5-16-15/h1,3-4,11,16H,2,5-10,15H2. The van der Waals surface area contributed by atoms with Crippen LogP contribution in [0.4, 0.5) is 5.69 Å². The molecule has 0 aromatic heterocycles. The Bertz CT molecular complexity index is 364. The zero-order valence-corrected chi connectivity index (χ0v) is 11.4. The Morgan fingerprint density at radius 2 is 2.00 bits per heavy atom. The maximum atomic E-state index is 6.02. The Balaban J connectivity index is 1.79. The number of nitrogens with zero attached hydrogens (tertiary/aromatic N) is 2. The first-order valence-corrected chi connectivity index (χ1v) is 6.84. The van der Waals surface area contributed by atoms with Gasteiger partial charge in [0.05, 0.1) is 0 Å². The highest BCUT2D eigenvalue weighted by molar-refractivity contribution is 6.30. The van der Waals surface area contributed by atoms with E-state index in [1.54, 1.807) is 0 Å². The van der Waals surface area contributed by atoms with Crippen molar-refractivity contribution in [3.05, 3.63) is 29.3 Å². The molecular formula is C13H21ClN4. The first kappa shape index (κ1) is 13.6. The fraction of sp³-hybridized carbons (Fsp3) is 0.538. The molecule has 0 bridgehead atoms. The summed E-state index contributed by atoms with van der Waals surface area (Å²) in [6.45, 7) is 6.35. The van der Waals surface area contributed by atoms with Crippen LogP contribution in [0, 0.1) is 0 Å². The van der Waals surface area contributed by atoms with Gasteiger partial charge in [-0.2, -0.15) is 0 Å². The molecule has 0 saturated carbocycles. The van der Waals surface area contributed by atoms with E-state index in [2.05, 4.69) is 21.3 Å². The molecule has 18 heavy (non-hydrogen) atoms. The van der Waals surface area contributed by atoms with Gasteiger partial charge in [-0.05, 0) is 31.2 Å². The Hall–Kier alpha value is -0.810. The number of benzene rings is 1. The molecule has 0 atom stereocenters. The molecule has 0 amide bonds. The van der Waals surface area contributed by atoms with Crippen LogP contribution in [0.3, 0.4) is 0 Å². The third kappa shape index (κ3) is 3.85. The van der Waals surface area contributed by atoms with Crippen LogP contribution in [0.15, 0.2) is 24.3 Å². The van der Waals surface area contributed by atoms with E-state index in [-0.39, 0.29) is 0 Å². The molecular weight excluding hydrogens is 248 g/mol. The lowest BCUT2D eigenvalue weighted by Crippen LogP contribution is -2.47. The number of nitrogens with one attached hydrogen (secondary N) is 1. The zero-order chi connectivity index (χ0) is 12.8. The van der Waals surface area contributed by atoms with E-state index < -0.39 is 0 Å². The maximum Gasteiger partial charge on any atom is 0.0426 e. The quantitative estimate of drug-likeness (QED) is 0.480. The van der Waals surface area contributed by atoms with Gasteiger partial charge in [0.25, 0.3) is 0 Å². The summed E-state index contributed by atoms with van der Waals surface area (Å²) in [7, 11) is 0. The lowest BCUT2D eigenvalue weighted by Gasteiger charge is -2.36. The van der Waals surface area contributed by atoms with Crippen LogP contribution in [-0.4, -0.2) is 44.2 Å². The lowest BCUT2D eigenvalue weighted by atomic mass is 10.2. The predicted octanol–water partition coefficient (Wildman–Crippen LogP) is 1.32. The van der Waals surface area contributed by atoms with E-state index in [9.17, 15) is 0 Å². The molecule has 3 N–H and O–H groups in total. The van der Waals surface area contributed by atoms with Crippen molar-refractivity contribution in [3.63, 3.8) is 0 Å². The summed E-state index contributed by atoms with van der Waals surface area (Å²) in [5, 5.41) is 0.809. The molecule has 4 nitrogen and oxygen atoms in total. The molecule has 2 rings (SSSR count). The van der Waals surface area contributed by atoms with E-state index in [0.29, 0.717) is 0 Å². The zero-order valence-electron chi connectivity index (χ0n) is 10.6. The number of anilines is 1. The van der Waals surface area contributed by atoms with Crippen LogP contribution < -0.4 is 16.2 Å². The number of hydrogen-bond donors (Lipinski definition) is 2. The molecule has 0 spiro atoms. The minimum atomic E-state index is 0.809. The van der Waals surface area contributed by atoms with Crippen molar-refractivity contribution < 1.29 is 0 Å². The molecule has 1 fully saturated rings. The van der Waals surface area contributed by atoms with E-state index in [0.717, 1.165) is 50.7 Å². The molecule has 0 aliphatic carbocycles. The largest absolute Gasteiger partial charge is 0.369 e. The van der Waals surface area contributed by atoms with Crippen molar-refractivity contribution in [1.29, 1.82) is 0 Å². The number of halogens is 1. The minimum Gasteiger partial charge on any atom is -0.369 e. The van der Waals surface area contributed by atoms with Gasteiger partial charge in [0.1, 0.15) is 0 Å². The average Bonchev–Trinajstić information content (AvgIpc) is 2.40. The summed E-state index contributed by atoms with van der Waals surface area (Å²) in [5.41, 5.74) is 3.92. The van der Waals surface area contributed by atoms with Crippen LogP contribution in [-0.2, 0) is 0 Å². The van der Waals surface area contributed by atoms with Gasteiger partial charge in [-0.15, -0.1) is 0 Å².